The minimum absolute atomic E-state index is 0.0604. The molecule has 342 valence electrons. The topological polar surface area (TPSA) is 210 Å². The van der Waals surface area contributed by atoms with Crippen LogP contribution < -0.4 is 0 Å². The minimum atomic E-state index is -4.68. The number of phosphoric ester groups is 1. The van der Waals surface area contributed by atoms with Gasteiger partial charge in [0.25, 0.3) is 0 Å². The average molecular weight is 851 g/mol. The van der Waals surface area contributed by atoms with Crippen LogP contribution in [0, 0.1) is 17.8 Å². The molecule has 0 aliphatic heterocycles. The van der Waals surface area contributed by atoms with E-state index in [1.165, 1.54) is 57.8 Å². The van der Waals surface area contributed by atoms with Crippen LogP contribution >= 0.6 is 7.82 Å². The summed E-state index contributed by atoms with van der Waals surface area (Å²) in [5.41, 5.74) is 0. The van der Waals surface area contributed by atoms with Crippen LogP contribution in [-0.4, -0.2) is 99.3 Å². The fraction of sp³-hybridized carbons (Fsp3) is 0.909. The highest BCUT2D eigenvalue weighted by atomic mass is 31.2. The van der Waals surface area contributed by atoms with E-state index in [0.717, 1.165) is 57.3 Å². The van der Waals surface area contributed by atoms with Gasteiger partial charge in [-0.05, 0) is 37.5 Å². The van der Waals surface area contributed by atoms with Gasteiger partial charge in [-0.25, -0.2) is 4.57 Å². The number of ether oxygens (including phenoxy) is 2. The summed E-state index contributed by atoms with van der Waals surface area (Å²) in [5, 5.41) is 49.8. The Balaban J connectivity index is 2.43. The van der Waals surface area contributed by atoms with E-state index >= 15 is 0 Å². The summed E-state index contributed by atoms with van der Waals surface area (Å²) in [4.78, 5) is 35.2. The predicted octanol–water partition coefficient (Wildman–Crippen LogP) is 8.24. The van der Waals surface area contributed by atoms with Crippen LogP contribution in [-0.2, 0) is 32.7 Å². The lowest BCUT2D eigenvalue weighted by Crippen LogP contribution is -2.29. The van der Waals surface area contributed by atoms with E-state index in [1.54, 1.807) is 6.08 Å². The highest BCUT2D eigenvalue weighted by Gasteiger charge is 2.39. The molecule has 0 aromatic heterocycles. The molecule has 1 aliphatic carbocycles. The Morgan fingerprint density at radius 2 is 1.24 bits per heavy atom. The lowest BCUT2D eigenvalue weighted by molar-refractivity contribution is -0.161. The summed E-state index contributed by atoms with van der Waals surface area (Å²) < 4.78 is 32.8. The van der Waals surface area contributed by atoms with E-state index < -0.39 is 70.1 Å². The van der Waals surface area contributed by atoms with Crippen LogP contribution in [0.25, 0.3) is 0 Å². The molecule has 0 aromatic rings. The number of hydrogen-bond donors (Lipinski definition) is 6. The summed E-state index contributed by atoms with van der Waals surface area (Å²) in [6, 6.07) is 0. The van der Waals surface area contributed by atoms with Crippen molar-refractivity contribution in [2.75, 3.05) is 26.4 Å². The highest BCUT2D eigenvalue weighted by Crippen LogP contribution is 2.43. The molecule has 0 amide bonds. The van der Waals surface area contributed by atoms with Gasteiger partial charge in [0.2, 0.25) is 0 Å². The molecule has 1 fully saturated rings. The van der Waals surface area contributed by atoms with Crippen molar-refractivity contribution in [1.82, 2.24) is 0 Å². The molecule has 1 rings (SSSR count). The van der Waals surface area contributed by atoms with Crippen LogP contribution in [0.3, 0.4) is 0 Å². The second-order valence-corrected chi connectivity index (χ2v) is 18.3. The molecule has 58 heavy (non-hydrogen) atoms. The van der Waals surface area contributed by atoms with Gasteiger partial charge >= 0.3 is 19.8 Å². The van der Waals surface area contributed by atoms with Crippen molar-refractivity contribution >= 4 is 19.8 Å². The first-order valence-corrected chi connectivity index (χ1v) is 24.3. The second-order valence-electron chi connectivity index (χ2n) is 16.9. The third kappa shape index (κ3) is 28.9. The average Bonchev–Trinajstić information content (AvgIpc) is 3.45. The predicted molar refractivity (Wildman–Crippen MR) is 226 cm³/mol. The molecule has 8 atom stereocenters. The molecule has 0 bridgehead atoms. The molecule has 1 saturated carbocycles. The number of carbonyl (C=O) groups excluding carboxylic acids is 2. The van der Waals surface area contributed by atoms with E-state index in [2.05, 4.69) is 25.3 Å². The highest BCUT2D eigenvalue weighted by molar-refractivity contribution is 7.47. The zero-order chi connectivity index (χ0) is 43.0. The zero-order valence-corrected chi connectivity index (χ0v) is 37.2. The number of esters is 2. The van der Waals surface area contributed by atoms with Crippen molar-refractivity contribution in [3.05, 3.63) is 12.2 Å². The molecule has 0 heterocycles. The van der Waals surface area contributed by atoms with E-state index in [9.17, 15) is 39.5 Å². The van der Waals surface area contributed by atoms with E-state index in [0.29, 0.717) is 38.5 Å². The fourth-order valence-corrected chi connectivity index (χ4v) is 8.18. The monoisotopic (exact) mass is 851 g/mol. The van der Waals surface area contributed by atoms with Gasteiger partial charge in [0.1, 0.15) is 12.7 Å². The summed E-state index contributed by atoms with van der Waals surface area (Å²) in [6.45, 7) is 4.37. The first-order valence-electron chi connectivity index (χ1n) is 22.8. The maximum absolute atomic E-state index is 12.7. The zero-order valence-electron chi connectivity index (χ0n) is 36.3. The van der Waals surface area contributed by atoms with Gasteiger partial charge in [-0.2, -0.15) is 0 Å². The van der Waals surface area contributed by atoms with Crippen molar-refractivity contribution in [2.45, 2.75) is 212 Å². The van der Waals surface area contributed by atoms with Crippen LogP contribution in [0.5, 0.6) is 0 Å². The number of phosphoric acid groups is 1. The molecule has 0 spiro atoms. The number of aliphatic hydroxyl groups excluding tert-OH is 5. The van der Waals surface area contributed by atoms with Crippen LogP contribution in [0.1, 0.15) is 181 Å². The van der Waals surface area contributed by atoms with Crippen molar-refractivity contribution in [1.29, 1.82) is 0 Å². The third-order valence-electron chi connectivity index (χ3n) is 10.9. The van der Waals surface area contributed by atoms with Crippen LogP contribution in [0.4, 0.5) is 0 Å². The van der Waals surface area contributed by atoms with Gasteiger partial charge in [-0.3, -0.25) is 18.6 Å². The van der Waals surface area contributed by atoms with Crippen LogP contribution in [0.2, 0.25) is 0 Å². The summed E-state index contributed by atoms with van der Waals surface area (Å²) in [7, 11) is -4.68. The fourth-order valence-electron chi connectivity index (χ4n) is 7.39. The van der Waals surface area contributed by atoms with E-state index in [-0.39, 0.29) is 31.3 Å². The molecule has 14 heteroatoms. The molecule has 0 radical (unpaired) electrons. The lowest BCUT2D eigenvalue weighted by Gasteiger charge is -2.21. The smallest absolute Gasteiger partial charge is 0.462 e. The van der Waals surface area contributed by atoms with E-state index in [4.69, 9.17) is 19.1 Å². The van der Waals surface area contributed by atoms with Gasteiger partial charge in [-0.15, -0.1) is 0 Å². The third-order valence-corrected chi connectivity index (χ3v) is 11.9. The summed E-state index contributed by atoms with van der Waals surface area (Å²) >= 11 is 0. The molecule has 0 saturated heterocycles. The molecular formula is C44H83O13P. The Labute approximate surface area is 350 Å². The molecule has 1 unspecified atom stereocenters. The summed E-state index contributed by atoms with van der Waals surface area (Å²) in [6.07, 6.45) is 22.4. The summed E-state index contributed by atoms with van der Waals surface area (Å²) in [5.74, 6) is -0.594. The second kappa shape index (κ2) is 34.2. The molecule has 13 nitrogen and oxygen atoms in total. The number of hydrogen-bond acceptors (Lipinski definition) is 12. The normalized spacial score (nSPS) is 21.0. The van der Waals surface area contributed by atoms with Gasteiger partial charge < -0.3 is 39.9 Å². The maximum atomic E-state index is 12.7. The van der Waals surface area contributed by atoms with Crippen molar-refractivity contribution in [2.24, 2.45) is 17.8 Å². The molecule has 1 aliphatic rings. The Kier molecular flexibility index (Phi) is 32.2. The minimum Gasteiger partial charge on any atom is -0.462 e. The Morgan fingerprint density at radius 1 is 0.707 bits per heavy atom. The quantitative estimate of drug-likeness (QED) is 0.0150. The number of rotatable bonds is 38. The van der Waals surface area contributed by atoms with Crippen molar-refractivity contribution in [3.8, 4) is 0 Å². The van der Waals surface area contributed by atoms with Gasteiger partial charge in [0, 0.05) is 25.2 Å². The Hall–Kier alpha value is -1.41. The largest absolute Gasteiger partial charge is 0.472 e. The van der Waals surface area contributed by atoms with Crippen LogP contribution in [0.15, 0.2) is 12.2 Å². The molecule has 0 aromatic carbocycles. The SMILES string of the molecule is CCCCC[C@H](O)/C=C/[C@@H]1[C@@H](CCCCCCC(=O)O[C@H](COC(=O)CCCCCCCCCCCCCCC(C)C)COP(=O)(O)OC[C@@H](O)CO)[C@@H](O)C[C@H]1O. The molecule has 6 N–H and O–H groups in total. The first kappa shape index (κ1) is 54.6. The molecular weight excluding hydrogens is 767 g/mol. The number of unbranched alkanes of at least 4 members (excludes halogenated alkanes) is 16. The number of aliphatic hydroxyl groups is 5. The van der Waals surface area contributed by atoms with Gasteiger partial charge in [-0.1, -0.05) is 148 Å². The van der Waals surface area contributed by atoms with Gasteiger partial charge in [0.05, 0.1) is 38.1 Å². The standard InChI is InChI=1S/C44H83O13P/c1-4-5-18-24-36(46)28-29-40-39(41(48)30-42(40)49)25-20-16-17-22-27-44(51)57-38(34-56-58(52,53)55-32-37(47)31-45)33-54-43(50)26-21-15-13-11-9-7-6-8-10-12-14-19-23-35(2)3/h28-29,35-42,45-49H,4-27,30-34H2,1-3H3,(H,52,53)/b29-28+/t36-,37-,38+,39+,40+,41-,42+/m0/s1. The lowest BCUT2D eigenvalue weighted by atomic mass is 9.88. The van der Waals surface area contributed by atoms with E-state index in [1.807, 2.05) is 6.08 Å². The Bertz CT molecular complexity index is 1110. The van der Waals surface area contributed by atoms with Crippen molar-refractivity contribution in [3.63, 3.8) is 0 Å². The Morgan fingerprint density at radius 3 is 1.83 bits per heavy atom. The van der Waals surface area contributed by atoms with Crippen molar-refractivity contribution < 1.29 is 63.1 Å². The number of carbonyl (C=O) groups is 2. The first-order chi connectivity index (χ1) is 27.8. The maximum Gasteiger partial charge on any atom is 0.472 e. The van der Waals surface area contributed by atoms with Gasteiger partial charge in [0.15, 0.2) is 6.10 Å².